The summed E-state index contributed by atoms with van der Waals surface area (Å²) in [6, 6.07) is 4.54. The quantitative estimate of drug-likeness (QED) is 0.466. The molecule has 0 atom stereocenters. The highest BCUT2D eigenvalue weighted by Gasteiger charge is 2.28. The summed E-state index contributed by atoms with van der Waals surface area (Å²) in [5, 5.41) is 15.6. The van der Waals surface area contributed by atoms with Crippen molar-refractivity contribution in [2.75, 3.05) is 25.0 Å². The fourth-order valence-corrected chi connectivity index (χ4v) is 4.02. The van der Waals surface area contributed by atoms with Gasteiger partial charge in [0.15, 0.2) is 0 Å². The van der Waals surface area contributed by atoms with Gasteiger partial charge in [-0.2, -0.15) is 0 Å². The lowest BCUT2D eigenvalue weighted by Gasteiger charge is -2.32. The molecule has 3 N–H and O–H groups in total. The van der Waals surface area contributed by atoms with Gasteiger partial charge >= 0.3 is 5.97 Å². The number of aromatic amines is 1. The second-order valence-electron chi connectivity index (χ2n) is 7.40. The monoisotopic (exact) mass is 424 g/mol. The van der Waals surface area contributed by atoms with Crippen LogP contribution >= 0.6 is 0 Å². The van der Waals surface area contributed by atoms with Crippen LogP contribution in [0.4, 0.5) is 5.69 Å². The average molecular weight is 425 g/mol. The van der Waals surface area contributed by atoms with Crippen molar-refractivity contribution in [1.82, 2.24) is 15.0 Å². The number of carbonyl (C=O) groups excluding carboxylic acids is 2. The molecule has 2 aromatic rings. The summed E-state index contributed by atoms with van der Waals surface area (Å²) >= 11 is 0. The van der Waals surface area contributed by atoms with Crippen LogP contribution in [0.15, 0.2) is 18.2 Å². The smallest absolute Gasteiger partial charge is 0.335 e. The standard InChI is InChI=1S/C23H28N4O4/c1-6-26(7-2)27(8-3)22(29)20-13(4)18(24-14(20)5)12-17-16-10-9-15(23(30)31)11-19(16)25-21(17)28/h9-12,24H,6-8H2,1-5H3,(H,25,28)(H,30,31). The van der Waals surface area contributed by atoms with Gasteiger partial charge in [0.25, 0.3) is 11.8 Å². The van der Waals surface area contributed by atoms with Gasteiger partial charge in [0.1, 0.15) is 0 Å². The van der Waals surface area contributed by atoms with E-state index in [0.717, 1.165) is 24.3 Å². The highest BCUT2D eigenvalue weighted by atomic mass is 16.4. The molecule has 1 aliphatic heterocycles. The first-order valence-corrected chi connectivity index (χ1v) is 10.4. The van der Waals surface area contributed by atoms with E-state index in [-0.39, 0.29) is 17.4 Å². The molecule has 0 unspecified atom stereocenters. The van der Waals surface area contributed by atoms with Crippen LogP contribution in [-0.2, 0) is 4.79 Å². The predicted molar refractivity (Wildman–Crippen MR) is 120 cm³/mol. The van der Waals surface area contributed by atoms with Crippen LogP contribution in [0, 0.1) is 13.8 Å². The number of rotatable bonds is 7. The lowest BCUT2D eigenvalue weighted by Crippen LogP contribution is -2.46. The number of fused-ring (bicyclic) bond motifs is 1. The number of carboxylic acids is 1. The molecule has 8 nitrogen and oxygen atoms in total. The molecule has 164 valence electrons. The number of hydrogen-bond donors (Lipinski definition) is 3. The third-order valence-electron chi connectivity index (χ3n) is 5.63. The molecule has 0 fully saturated rings. The Morgan fingerprint density at radius 2 is 1.77 bits per heavy atom. The highest BCUT2D eigenvalue weighted by molar-refractivity contribution is 6.35. The van der Waals surface area contributed by atoms with Crippen LogP contribution in [0.25, 0.3) is 11.6 Å². The Bertz CT molecular complexity index is 1080. The van der Waals surface area contributed by atoms with Gasteiger partial charge < -0.3 is 15.4 Å². The molecule has 0 aliphatic carbocycles. The average Bonchev–Trinajstić information content (AvgIpc) is 3.20. The molecule has 2 heterocycles. The zero-order chi connectivity index (χ0) is 22.9. The number of benzene rings is 1. The molecule has 0 spiro atoms. The zero-order valence-electron chi connectivity index (χ0n) is 18.5. The van der Waals surface area contributed by atoms with Crippen molar-refractivity contribution in [1.29, 1.82) is 0 Å². The van der Waals surface area contributed by atoms with Crippen LogP contribution in [0.5, 0.6) is 0 Å². The van der Waals surface area contributed by atoms with Gasteiger partial charge in [0.05, 0.1) is 16.7 Å². The second kappa shape index (κ2) is 8.77. The van der Waals surface area contributed by atoms with E-state index in [2.05, 4.69) is 10.3 Å². The first kappa shape index (κ1) is 22.3. The number of nitrogens with one attached hydrogen (secondary N) is 2. The fourth-order valence-electron chi connectivity index (χ4n) is 4.02. The summed E-state index contributed by atoms with van der Waals surface area (Å²) in [5.41, 5.74) is 4.41. The van der Waals surface area contributed by atoms with Crippen LogP contribution in [0.1, 0.15) is 64.0 Å². The topological polar surface area (TPSA) is 106 Å². The number of carbonyl (C=O) groups is 3. The van der Waals surface area contributed by atoms with E-state index in [1.54, 1.807) is 17.2 Å². The van der Waals surface area contributed by atoms with Crippen molar-refractivity contribution < 1.29 is 19.5 Å². The minimum Gasteiger partial charge on any atom is -0.478 e. The van der Waals surface area contributed by atoms with E-state index in [9.17, 15) is 19.5 Å². The second-order valence-corrected chi connectivity index (χ2v) is 7.40. The van der Waals surface area contributed by atoms with Crippen LogP contribution in [-0.4, -0.2) is 57.5 Å². The number of hydrazine groups is 1. The van der Waals surface area contributed by atoms with Crippen molar-refractivity contribution in [3.8, 4) is 0 Å². The predicted octanol–water partition coefficient (Wildman–Crippen LogP) is 3.54. The molecule has 0 bridgehead atoms. The van der Waals surface area contributed by atoms with E-state index >= 15 is 0 Å². The van der Waals surface area contributed by atoms with Gasteiger partial charge in [-0.1, -0.05) is 19.9 Å². The number of aromatic carboxylic acids is 1. The van der Waals surface area contributed by atoms with E-state index in [0.29, 0.717) is 34.6 Å². The zero-order valence-corrected chi connectivity index (χ0v) is 18.5. The molecule has 31 heavy (non-hydrogen) atoms. The Kier molecular flexibility index (Phi) is 6.31. The Hall–Kier alpha value is -3.39. The number of anilines is 1. The number of nitrogens with zero attached hydrogens (tertiary/aromatic N) is 2. The third kappa shape index (κ3) is 3.98. The molecule has 8 heteroatoms. The SMILES string of the molecule is CCN(CC)N(CC)C(=O)c1c(C)[nH]c(C=C2C(=O)Nc3cc(C(=O)O)ccc32)c1C. The Morgan fingerprint density at radius 1 is 1.10 bits per heavy atom. The molecule has 1 aliphatic rings. The minimum atomic E-state index is -1.05. The van der Waals surface area contributed by atoms with E-state index in [1.165, 1.54) is 12.1 Å². The maximum Gasteiger partial charge on any atom is 0.335 e. The lowest BCUT2D eigenvalue weighted by molar-refractivity contribution is -0.110. The van der Waals surface area contributed by atoms with Crippen molar-refractivity contribution in [3.05, 3.63) is 51.8 Å². The largest absolute Gasteiger partial charge is 0.478 e. The van der Waals surface area contributed by atoms with Gasteiger partial charge in [-0.3, -0.25) is 14.6 Å². The summed E-state index contributed by atoms with van der Waals surface area (Å²) in [4.78, 5) is 40.3. The fraction of sp³-hybridized carbons (Fsp3) is 0.348. The number of amides is 2. The Labute approximate surface area is 181 Å². The number of hydrogen-bond acceptors (Lipinski definition) is 4. The van der Waals surface area contributed by atoms with E-state index in [4.69, 9.17) is 0 Å². The van der Waals surface area contributed by atoms with Crippen LogP contribution in [0.2, 0.25) is 0 Å². The van der Waals surface area contributed by atoms with Gasteiger partial charge in [-0.25, -0.2) is 9.80 Å². The maximum absolute atomic E-state index is 13.3. The molecule has 3 rings (SSSR count). The first-order chi connectivity index (χ1) is 14.7. The Balaban J connectivity index is 2.02. The van der Waals surface area contributed by atoms with Gasteiger partial charge in [0, 0.05) is 42.3 Å². The number of aromatic nitrogens is 1. The highest BCUT2D eigenvalue weighted by Crippen LogP contribution is 2.35. The maximum atomic E-state index is 13.3. The molecule has 0 saturated carbocycles. The molecule has 0 radical (unpaired) electrons. The first-order valence-electron chi connectivity index (χ1n) is 10.4. The number of carboxylic acid groups (broad SMARTS) is 1. The number of H-pyrrole nitrogens is 1. The molecular weight excluding hydrogens is 396 g/mol. The molecule has 2 amide bonds. The summed E-state index contributed by atoms with van der Waals surface area (Å²) in [7, 11) is 0. The summed E-state index contributed by atoms with van der Waals surface area (Å²) < 4.78 is 0. The van der Waals surface area contributed by atoms with Crippen LogP contribution in [0.3, 0.4) is 0 Å². The van der Waals surface area contributed by atoms with Crippen molar-refractivity contribution in [2.45, 2.75) is 34.6 Å². The van der Waals surface area contributed by atoms with Crippen molar-refractivity contribution in [2.24, 2.45) is 0 Å². The van der Waals surface area contributed by atoms with Crippen molar-refractivity contribution >= 4 is 35.1 Å². The van der Waals surface area contributed by atoms with E-state index in [1.807, 2.05) is 39.6 Å². The summed E-state index contributed by atoms with van der Waals surface area (Å²) in [6.45, 7) is 11.7. The van der Waals surface area contributed by atoms with Gasteiger partial charge in [-0.15, -0.1) is 0 Å². The van der Waals surface area contributed by atoms with Gasteiger partial charge in [-0.05, 0) is 44.5 Å². The normalized spacial score (nSPS) is 14.1. The number of aryl methyl sites for hydroxylation is 1. The molecule has 1 aromatic heterocycles. The summed E-state index contributed by atoms with van der Waals surface area (Å²) in [6.07, 6.45) is 1.72. The van der Waals surface area contributed by atoms with Crippen LogP contribution < -0.4 is 5.32 Å². The lowest BCUT2D eigenvalue weighted by atomic mass is 10.0. The Morgan fingerprint density at radius 3 is 2.35 bits per heavy atom. The van der Waals surface area contributed by atoms with Crippen molar-refractivity contribution in [3.63, 3.8) is 0 Å². The van der Waals surface area contributed by atoms with Gasteiger partial charge in [0.2, 0.25) is 0 Å². The molecular formula is C23H28N4O4. The van der Waals surface area contributed by atoms with E-state index < -0.39 is 5.97 Å². The molecule has 1 aromatic carbocycles. The minimum absolute atomic E-state index is 0.0792. The third-order valence-corrected chi connectivity index (χ3v) is 5.63. The molecule has 0 saturated heterocycles. The summed E-state index contributed by atoms with van der Waals surface area (Å²) in [5.74, 6) is -1.44.